The van der Waals surface area contributed by atoms with Crippen LogP contribution in [0.4, 0.5) is 10.5 Å². The summed E-state index contributed by atoms with van der Waals surface area (Å²) in [6.07, 6.45) is 1.50. The predicted molar refractivity (Wildman–Crippen MR) is 81.8 cm³/mol. The molecular formula is C15H22N4O2. The molecule has 0 unspecified atom stereocenters. The Balaban J connectivity index is 1.76. The van der Waals surface area contributed by atoms with Crippen molar-refractivity contribution in [2.75, 3.05) is 18.4 Å². The number of para-hydroxylation sites is 1. The van der Waals surface area contributed by atoms with Gasteiger partial charge < -0.3 is 21.3 Å². The van der Waals surface area contributed by atoms with Crippen LogP contribution in [0.1, 0.15) is 19.8 Å². The van der Waals surface area contributed by atoms with Crippen molar-refractivity contribution in [3.8, 4) is 0 Å². The number of benzene rings is 1. The summed E-state index contributed by atoms with van der Waals surface area (Å²) in [5.41, 5.74) is 6.36. The number of amides is 3. The van der Waals surface area contributed by atoms with E-state index in [1.807, 2.05) is 30.3 Å². The quantitative estimate of drug-likeness (QED) is 0.780. The molecule has 0 aromatic heterocycles. The van der Waals surface area contributed by atoms with Gasteiger partial charge in [-0.2, -0.15) is 0 Å². The Morgan fingerprint density at radius 2 is 1.86 bits per heavy atom. The van der Waals surface area contributed by atoms with E-state index in [-0.39, 0.29) is 18.0 Å². The van der Waals surface area contributed by atoms with Crippen LogP contribution in [0.25, 0.3) is 0 Å². The Bertz CT molecular complexity index is 482. The van der Waals surface area contributed by atoms with Crippen LogP contribution in [-0.2, 0) is 4.79 Å². The minimum absolute atomic E-state index is 0.0258. The molecule has 2 rings (SSSR count). The van der Waals surface area contributed by atoms with Crippen molar-refractivity contribution >= 4 is 17.6 Å². The highest BCUT2D eigenvalue weighted by Crippen LogP contribution is 2.12. The maximum absolute atomic E-state index is 11.9. The lowest BCUT2D eigenvalue weighted by Gasteiger charge is -2.33. The highest BCUT2D eigenvalue weighted by atomic mass is 16.2. The normalized spacial score (nSPS) is 17.1. The molecule has 1 atom stereocenters. The van der Waals surface area contributed by atoms with Gasteiger partial charge in [0.15, 0.2) is 0 Å². The summed E-state index contributed by atoms with van der Waals surface area (Å²) in [5.74, 6) is -0.0258. The van der Waals surface area contributed by atoms with E-state index in [2.05, 4.69) is 10.6 Å². The van der Waals surface area contributed by atoms with E-state index < -0.39 is 6.04 Å². The molecule has 114 valence electrons. The third-order valence-electron chi connectivity index (χ3n) is 3.56. The first kappa shape index (κ1) is 15.3. The Morgan fingerprint density at radius 3 is 2.43 bits per heavy atom. The summed E-state index contributed by atoms with van der Waals surface area (Å²) in [4.78, 5) is 25.4. The number of nitrogens with zero attached hydrogens (tertiary/aromatic N) is 1. The van der Waals surface area contributed by atoms with Crippen molar-refractivity contribution in [3.63, 3.8) is 0 Å². The van der Waals surface area contributed by atoms with Crippen molar-refractivity contribution < 1.29 is 9.59 Å². The summed E-state index contributed by atoms with van der Waals surface area (Å²) in [6, 6.07) is 8.72. The fraction of sp³-hybridized carbons (Fsp3) is 0.467. The Labute approximate surface area is 124 Å². The number of carbonyl (C=O) groups excluding carboxylic acids is 2. The summed E-state index contributed by atoms with van der Waals surface area (Å²) in [6.45, 7) is 2.97. The Hall–Kier alpha value is -2.08. The lowest BCUT2D eigenvalue weighted by molar-refractivity contribution is -0.133. The number of hydrogen-bond donors (Lipinski definition) is 3. The summed E-state index contributed by atoms with van der Waals surface area (Å²) in [7, 11) is 0. The molecule has 1 fully saturated rings. The van der Waals surface area contributed by atoms with Crippen LogP contribution in [0.15, 0.2) is 30.3 Å². The maximum atomic E-state index is 11.9. The van der Waals surface area contributed by atoms with E-state index in [9.17, 15) is 9.59 Å². The van der Waals surface area contributed by atoms with Crippen molar-refractivity contribution in [2.45, 2.75) is 31.8 Å². The number of piperidine rings is 1. The summed E-state index contributed by atoms with van der Waals surface area (Å²) < 4.78 is 0. The third kappa shape index (κ3) is 4.46. The van der Waals surface area contributed by atoms with Gasteiger partial charge in [-0.3, -0.25) is 4.79 Å². The highest BCUT2D eigenvalue weighted by molar-refractivity contribution is 5.89. The molecule has 1 heterocycles. The number of rotatable bonds is 3. The second-order valence-corrected chi connectivity index (χ2v) is 5.35. The van der Waals surface area contributed by atoms with E-state index in [1.54, 1.807) is 11.8 Å². The summed E-state index contributed by atoms with van der Waals surface area (Å²) in [5, 5.41) is 5.73. The van der Waals surface area contributed by atoms with Crippen molar-refractivity contribution in [1.29, 1.82) is 0 Å². The number of nitrogens with two attached hydrogens (primary N) is 1. The fourth-order valence-corrected chi connectivity index (χ4v) is 2.41. The zero-order chi connectivity index (χ0) is 15.2. The highest BCUT2D eigenvalue weighted by Gasteiger charge is 2.25. The molecule has 6 heteroatoms. The molecule has 1 saturated heterocycles. The lowest BCUT2D eigenvalue weighted by Crippen LogP contribution is -2.50. The predicted octanol–water partition coefficient (Wildman–Crippen LogP) is 1.15. The van der Waals surface area contributed by atoms with Gasteiger partial charge in [0, 0.05) is 24.8 Å². The van der Waals surface area contributed by atoms with Crippen LogP contribution in [0, 0.1) is 0 Å². The number of likely N-dealkylation sites (tertiary alicyclic amines) is 1. The first-order chi connectivity index (χ1) is 10.1. The number of carbonyl (C=O) groups is 2. The fourth-order valence-electron chi connectivity index (χ4n) is 2.41. The molecule has 1 aromatic rings. The lowest BCUT2D eigenvalue weighted by atomic mass is 10.0. The van der Waals surface area contributed by atoms with Gasteiger partial charge in [-0.25, -0.2) is 4.79 Å². The standard InChI is InChI=1S/C15H22N4O2/c1-11(16)14(20)19-9-7-13(8-10-19)18-15(21)17-12-5-3-2-4-6-12/h2-6,11,13H,7-10,16H2,1H3,(H2,17,18,21)/t11-/m1/s1. The van der Waals surface area contributed by atoms with E-state index in [0.717, 1.165) is 18.5 Å². The van der Waals surface area contributed by atoms with Gasteiger partial charge in [0.1, 0.15) is 0 Å². The van der Waals surface area contributed by atoms with Crippen molar-refractivity contribution in [1.82, 2.24) is 10.2 Å². The van der Waals surface area contributed by atoms with Crippen molar-refractivity contribution in [2.24, 2.45) is 5.73 Å². The average Bonchev–Trinajstić information content (AvgIpc) is 2.48. The molecule has 0 spiro atoms. The second kappa shape index (κ2) is 7.08. The molecule has 6 nitrogen and oxygen atoms in total. The monoisotopic (exact) mass is 290 g/mol. The number of anilines is 1. The first-order valence-electron chi connectivity index (χ1n) is 7.23. The van der Waals surface area contributed by atoms with E-state index in [0.29, 0.717) is 13.1 Å². The number of nitrogens with one attached hydrogen (secondary N) is 2. The zero-order valence-corrected chi connectivity index (χ0v) is 12.2. The van der Waals surface area contributed by atoms with Gasteiger partial charge in [0.2, 0.25) is 5.91 Å². The Kier molecular flexibility index (Phi) is 5.16. The van der Waals surface area contributed by atoms with Crippen LogP contribution < -0.4 is 16.4 Å². The molecule has 0 aliphatic carbocycles. The minimum Gasteiger partial charge on any atom is -0.341 e. The van der Waals surface area contributed by atoms with Crippen LogP contribution in [0.5, 0.6) is 0 Å². The Morgan fingerprint density at radius 1 is 1.24 bits per heavy atom. The second-order valence-electron chi connectivity index (χ2n) is 5.35. The number of hydrogen-bond acceptors (Lipinski definition) is 3. The smallest absolute Gasteiger partial charge is 0.319 e. The summed E-state index contributed by atoms with van der Waals surface area (Å²) >= 11 is 0. The van der Waals surface area contributed by atoms with Gasteiger partial charge in [-0.15, -0.1) is 0 Å². The molecule has 21 heavy (non-hydrogen) atoms. The molecule has 0 bridgehead atoms. The van der Waals surface area contributed by atoms with Crippen LogP contribution in [0.2, 0.25) is 0 Å². The van der Waals surface area contributed by atoms with Gasteiger partial charge in [-0.05, 0) is 31.9 Å². The van der Waals surface area contributed by atoms with Crippen molar-refractivity contribution in [3.05, 3.63) is 30.3 Å². The first-order valence-corrected chi connectivity index (χ1v) is 7.23. The number of urea groups is 1. The van der Waals surface area contributed by atoms with Gasteiger partial charge in [0.05, 0.1) is 6.04 Å². The molecular weight excluding hydrogens is 268 g/mol. The maximum Gasteiger partial charge on any atom is 0.319 e. The minimum atomic E-state index is -0.462. The largest absolute Gasteiger partial charge is 0.341 e. The van der Waals surface area contributed by atoms with E-state index >= 15 is 0 Å². The molecule has 1 aromatic carbocycles. The molecule has 0 radical (unpaired) electrons. The van der Waals surface area contributed by atoms with Crippen LogP contribution in [-0.4, -0.2) is 42.0 Å². The average molecular weight is 290 g/mol. The van der Waals surface area contributed by atoms with Crippen LogP contribution in [0.3, 0.4) is 0 Å². The molecule has 1 aliphatic heterocycles. The SMILES string of the molecule is C[C@@H](N)C(=O)N1CCC(NC(=O)Nc2ccccc2)CC1. The molecule has 0 saturated carbocycles. The van der Waals surface area contributed by atoms with Gasteiger partial charge in [-0.1, -0.05) is 18.2 Å². The molecule has 4 N–H and O–H groups in total. The van der Waals surface area contributed by atoms with E-state index in [4.69, 9.17) is 5.73 Å². The molecule has 3 amide bonds. The third-order valence-corrected chi connectivity index (χ3v) is 3.56. The van der Waals surface area contributed by atoms with Crippen LogP contribution >= 0.6 is 0 Å². The van der Waals surface area contributed by atoms with Gasteiger partial charge >= 0.3 is 6.03 Å². The molecule has 1 aliphatic rings. The van der Waals surface area contributed by atoms with E-state index in [1.165, 1.54) is 0 Å². The zero-order valence-electron chi connectivity index (χ0n) is 12.2. The van der Waals surface area contributed by atoms with Gasteiger partial charge in [0.25, 0.3) is 0 Å². The topological polar surface area (TPSA) is 87.5 Å².